The summed E-state index contributed by atoms with van der Waals surface area (Å²) in [5.74, 6) is 1.43. The van der Waals surface area contributed by atoms with E-state index < -0.39 is 0 Å². The van der Waals surface area contributed by atoms with Crippen LogP contribution in [0.2, 0.25) is 0 Å². The second-order valence-corrected chi connectivity index (χ2v) is 5.76. The zero-order valence-corrected chi connectivity index (χ0v) is 18.3. The number of hydrogen-bond acceptors (Lipinski definition) is 4. The van der Waals surface area contributed by atoms with Crippen molar-refractivity contribution in [2.45, 2.75) is 40.3 Å². The molecule has 0 saturated heterocycles. The van der Waals surface area contributed by atoms with Gasteiger partial charge >= 0.3 is 0 Å². The SMILES string of the molecule is CCOc1ncccc1CNC(=NC)NCCCn1nc(C)cc1C.I. The summed E-state index contributed by atoms with van der Waals surface area (Å²) >= 11 is 0. The smallest absolute Gasteiger partial charge is 0.218 e. The van der Waals surface area contributed by atoms with Crippen molar-refractivity contribution in [2.75, 3.05) is 20.2 Å². The number of aryl methyl sites for hydroxylation is 3. The highest BCUT2D eigenvalue weighted by atomic mass is 127. The maximum absolute atomic E-state index is 5.54. The summed E-state index contributed by atoms with van der Waals surface area (Å²) in [6.07, 6.45) is 2.71. The first-order valence-electron chi connectivity index (χ1n) is 8.66. The lowest BCUT2D eigenvalue weighted by Crippen LogP contribution is -2.37. The van der Waals surface area contributed by atoms with Crippen LogP contribution in [0.4, 0.5) is 0 Å². The third-order valence-corrected chi connectivity index (χ3v) is 3.74. The van der Waals surface area contributed by atoms with E-state index in [4.69, 9.17) is 4.74 Å². The summed E-state index contributed by atoms with van der Waals surface area (Å²) in [5.41, 5.74) is 3.26. The van der Waals surface area contributed by atoms with Gasteiger partial charge < -0.3 is 15.4 Å². The average molecular weight is 472 g/mol. The fraction of sp³-hybridized carbons (Fsp3) is 0.500. The molecule has 0 unspecified atom stereocenters. The molecule has 0 bridgehead atoms. The predicted molar refractivity (Wildman–Crippen MR) is 115 cm³/mol. The first-order valence-corrected chi connectivity index (χ1v) is 8.66. The Labute approximate surface area is 172 Å². The Hall–Kier alpha value is -1.84. The van der Waals surface area contributed by atoms with Crippen LogP contribution in [0.15, 0.2) is 29.4 Å². The molecule has 0 fully saturated rings. The van der Waals surface area contributed by atoms with E-state index in [2.05, 4.69) is 38.7 Å². The molecule has 2 aromatic heterocycles. The minimum atomic E-state index is 0. The lowest BCUT2D eigenvalue weighted by Gasteiger charge is -2.14. The molecule has 144 valence electrons. The van der Waals surface area contributed by atoms with Gasteiger partial charge in [-0.15, -0.1) is 24.0 Å². The van der Waals surface area contributed by atoms with E-state index >= 15 is 0 Å². The minimum Gasteiger partial charge on any atom is -0.478 e. The molecule has 2 N–H and O–H groups in total. The lowest BCUT2D eigenvalue weighted by atomic mass is 10.2. The molecule has 0 amide bonds. The number of aromatic nitrogens is 3. The van der Waals surface area contributed by atoms with E-state index in [1.165, 1.54) is 5.69 Å². The normalized spacial score (nSPS) is 11.0. The van der Waals surface area contributed by atoms with E-state index in [0.717, 1.165) is 36.7 Å². The second-order valence-electron chi connectivity index (χ2n) is 5.76. The fourth-order valence-electron chi connectivity index (χ4n) is 2.56. The van der Waals surface area contributed by atoms with Crippen molar-refractivity contribution in [3.8, 4) is 5.88 Å². The molecule has 0 aliphatic heterocycles. The minimum absolute atomic E-state index is 0. The number of hydrogen-bond donors (Lipinski definition) is 2. The average Bonchev–Trinajstić information content (AvgIpc) is 2.93. The molecule has 0 aromatic carbocycles. The monoisotopic (exact) mass is 472 g/mol. The zero-order chi connectivity index (χ0) is 18.1. The van der Waals surface area contributed by atoms with Gasteiger partial charge in [-0.1, -0.05) is 6.07 Å². The number of rotatable bonds is 8. The first-order chi connectivity index (χ1) is 12.1. The fourth-order valence-corrected chi connectivity index (χ4v) is 2.56. The second kappa shape index (κ2) is 11.7. The number of guanidine groups is 1. The molecule has 0 aliphatic rings. The van der Waals surface area contributed by atoms with Gasteiger partial charge in [0.25, 0.3) is 0 Å². The third kappa shape index (κ3) is 6.81. The number of aliphatic imine (C=N–C) groups is 1. The number of pyridine rings is 1. The molecule has 0 spiro atoms. The highest BCUT2D eigenvalue weighted by Gasteiger charge is 2.05. The van der Waals surface area contributed by atoms with E-state index in [9.17, 15) is 0 Å². The highest BCUT2D eigenvalue weighted by Crippen LogP contribution is 2.13. The molecule has 0 saturated carbocycles. The van der Waals surface area contributed by atoms with Crippen molar-refractivity contribution in [1.29, 1.82) is 0 Å². The van der Waals surface area contributed by atoms with Gasteiger partial charge in [-0.25, -0.2) is 4.98 Å². The number of ether oxygens (including phenoxy) is 1. The molecule has 0 aliphatic carbocycles. The number of nitrogens with zero attached hydrogens (tertiary/aromatic N) is 4. The topological polar surface area (TPSA) is 76.4 Å². The van der Waals surface area contributed by atoms with Crippen LogP contribution in [0.25, 0.3) is 0 Å². The Morgan fingerprint density at radius 3 is 2.77 bits per heavy atom. The molecule has 2 aromatic rings. The van der Waals surface area contributed by atoms with E-state index in [1.807, 2.05) is 30.7 Å². The van der Waals surface area contributed by atoms with Gasteiger partial charge in [0, 0.05) is 44.1 Å². The van der Waals surface area contributed by atoms with E-state index in [0.29, 0.717) is 19.0 Å². The van der Waals surface area contributed by atoms with Gasteiger partial charge in [0.1, 0.15) is 0 Å². The van der Waals surface area contributed by atoms with Crippen LogP contribution < -0.4 is 15.4 Å². The van der Waals surface area contributed by atoms with Crippen molar-refractivity contribution in [3.05, 3.63) is 41.3 Å². The van der Waals surface area contributed by atoms with Crippen LogP contribution in [0.5, 0.6) is 5.88 Å². The van der Waals surface area contributed by atoms with E-state index in [-0.39, 0.29) is 24.0 Å². The maximum atomic E-state index is 5.54. The standard InChI is InChI=1S/C18H28N6O.HI/c1-5-25-17-16(8-6-9-20-17)13-22-18(19-4)21-10-7-11-24-15(3)12-14(2)23-24;/h6,8-9,12H,5,7,10-11,13H2,1-4H3,(H2,19,21,22);1H. The lowest BCUT2D eigenvalue weighted by molar-refractivity contribution is 0.322. The van der Waals surface area contributed by atoms with Crippen molar-refractivity contribution in [1.82, 2.24) is 25.4 Å². The molecule has 8 heteroatoms. The molecule has 26 heavy (non-hydrogen) atoms. The summed E-state index contributed by atoms with van der Waals surface area (Å²) in [7, 11) is 1.77. The molecule has 2 heterocycles. The molecule has 0 radical (unpaired) electrons. The Balaban J connectivity index is 0.00000338. The largest absolute Gasteiger partial charge is 0.478 e. The summed E-state index contributed by atoms with van der Waals surface area (Å²) < 4.78 is 7.58. The van der Waals surface area contributed by atoms with Crippen molar-refractivity contribution < 1.29 is 4.74 Å². The van der Waals surface area contributed by atoms with Gasteiger partial charge in [-0.2, -0.15) is 5.10 Å². The van der Waals surface area contributed by atoms with Crippen LogP contribution in [-0.2, 0) is 13.1 Å². The van der Waals surface area contributed by atoms with Crippen molar-refractivity contribution in [2.24, 2.45) is 4.99 Å². The zero-order valence-electron chi connectivity index (χ0n) is 16.0. The maximum Gasteiger partial charge on any atom is 0.218 e. The first kappa shape index (κ1) is 22.2. The molecule has 2 rings (SSSR count). The highest BCUT2D eigenvalue weighted by molar-refractivity contribution is 14.0. The van der Waals surface area contributed by atoms with Crippen LogP contribution in [0.3, 0.4) is 0 Å². The summed E-state index contributed by atoms with van der Waals surface area (Å²) in [6, 6.07) is 6.00. The van der Waals surface area contributed by atoms with Gasteiger partial charge in [0.05, 0.1) is 12.3 Å². The van der Waals surface area contributed by atoms with Crippen LogP contribution in [-0.4, -0.2) is 40.9 Å². The number of nitrogens with one attached hydrogen (secondary N) is 2. The molecule has 7 nitrogen and oxygen atoms in total. The third-order valence-electron chi connectivity index (χ3n) is 3.74. The van der Waals surface area contributed by atoms with Crippen LogP contribution in [0.1, 0.15) is 30.3 Å². The summed E-state index contributed by atoms with van der Waals surface area (Å²) in [4.78, 5) is 8.51. The summed E-state index contributed by atoms with van der Waals surface area (Å²) in [6.45, 7) is 8.98. The number of halogens is 1. The van der Waals surface area contributed by atoms with Gasteiger partial charge in [0.15, 0.2) is 5.96 Å². The van der Waals surface area contributed by atoms with Gasteiger partial charge in [0.2, 0.25) is 5.88 Å². The van der Waals surface area contributed by atoms with Crippen LogP contribution in [0, 0.1) is 13.8 Å². The van der Waals surface area contributed by atoms with Gasteiger partial charge in [-0.3, -0.25) is 9.67 Å². The molecular formula is C18H29IN6O. The Bertz CT molecular complexity index is 701. The Morgan fingerprint density at radius 2 is 2.12 bits per heavy atom. The molecular weight excluding hydrogens is 443 g/mol. The van der Waals surface area contributed by atoms with E-state index in [1.54, 1.807) is 13.2 Å². The molecule has 0 atom stereocenters. The Morgan fingerprint density at radius 1 is 1.31 bits per heavy atom. The van der Waals surface area contributed by atoms with Gasteiger partial charge in [-0.05, 0) is 39.3 Å². The Kier molecular flexibility index (Phi) is 10.0. The quantitative estimate of drug-likeness (QED) is 0.268. The van der Waals surface area contributed by atoms with Crippen molar-refractivity contribution >= 4 is 29.9 Å². The van der Waals surface area contributed by atoms with Crippen LogP contribution >= 0.6 is 24.0 Å². The predicted octanol–water partition coefficient (Wildman–Crippen LogP) is 2.67. The van der Waals surface area contributed by atoms with Crippen molar-refractivity contribution in [3.63, 3.8) is 0 Å². The summed E-state index contributed by atoms with van der Waals surface area (Å²) in [5, 5.41) is 11.1.